The summed E-state index contributed by atoms with van der Waals surface area (Å²) >= 11 is 0. The second kappa shape index (κ2) is 6.58. The van der Waals surface area contributed by atoms with Crippen LogP contribution in [0.25, 0.3) is 16.9 Å². The lowest BCUT2D eigenvalue weighted by molar-refractivity contribution is 0.192. The third-order valence-electron chi connectivity index (χ3n) is 5.51. The lowest BCUT2D eigenvalue weighted by Gasteiger charge is -2.36. The van der Waals surface area contributed by atoms with Crippen LogP contribution in [0.5, 0.6) is 0 Å². The first-order chi connectivity index (χ1) is 13.3. The number of rotatable bonds is 1. The van der Waals surface area contributed by atoms with Gasteiger partial charge in [0.2, 0.25) is 0 Å². The number of para-hydroxylation sites is 2. The van der Waals surface area contributed by atoms with E-state index in [2.05, 4.69) is 27.8 Å². The molecule has 5 rings (SSSR count). The first-order valence-electron chi connectivity index (χ1n) is 9.60. The fourth-order valence-corrected chi connectivity index (χ4v) is 4.13. The highest BCUT2D eigenvalue weighted by Crippen LogP contribution is 2.36. The van der Waals surface area contributed by atoms with E-state index < -0.39 is 0 Å². The molecule has 1 saturated heterocycles. The van der Waals surface area contributed by atoms with Gasteiger partial charge in [0.1, 0.15) is 6.33 Å². The van der Waals surface area contributed by atoms with Gasteiger partial charge >= 0.3 is 6.03 Å². The van der Waals surface area contributed by atoms with Crippen molar-refractivity contribution in [2.45, 2.75) is 25.8 Å². The second-order valence-electron chi connectivity index (χ2n) is 7.18. The van der Waals surface area contributed by atoms with E-state index in [9.17, 15) is 4.79 Å². The topological polar surface area (TPSA) is 41.4 Å². The molecule has 2 amide bonds. The fourth-order valence-electron chi connectivity index (χ4n) is 4.13. The van der Waals surface area contributed by atoms with Crippen LogP contribution in [0.3, 0.4) is 0 Å². The maximum atomic E-state index is 13.3. The van der Waals surface area contributed by atoms with Gasteiger partial charge in [0.05, 0.1) is 29.3 Å². The van der Waals surface area contributed by atoms with Crippen molar-refractivity contribution < 1.29 is 4.79 Å². The molecule has 1 fully saturated rings. The average molecular weight is 358 g/mol. The molecule has 0 unspecified atom stereocenters. The summed E-state index contributed by atoms with van der Waals surface area (Å²) in [6.45, 7) is 2.24. The van der Waals surface area contributed by atoms with E-state index in [4.69, 9.17) is 0 Å². The van der Waals surface area contributed by atoms with Gasteiger partial charge in [-0.15, -0.1) is 0 Å². The van der Waals surface area contributed by atoms with Crippen molar-refractivity contribution in [3.63, 3.8) is 0 Å². The van der Waals surface area contributed by atoms with E-state index >= 15 is 0 Å². The van der Waals surface area contributed by atoms with Gasteiger partial charge in [0.15, 0.2) is 0 Å². The van der Waals surface area contributed by atoms with Crippen LogP contribution in [0.2, 0.25) is 0 Å². The fraction of sp³-hybridized carbons (Fsp3) is 0.273. The van der Waals surface area contributed by atoms with Gasteiger partial charge in [0, 0.05) is 18.7 Å². The number of carbonyl (C=O) groups is 1. The third kappa shape index (κ3) is 2.70. The molecule has 136 valence electrons. The number of benzene rings is 2. The highest BCUT2D eigenvalue weighted by atomic mass is 16.2. The first-order valence-corrected chi connectivity index (χ1v) is 9.60. The molecule has 2 aromatic carbocycles. The van der Waals surface area contributed by atoms with Gasteiger partial charge in [-0.3, -0.25) is 9.47 Å². The molecule has 0 aliphatic carbocycles. The Labute approximate surface area is 158 Å². The number of urea groups is 1. The van der Waals surface area contributed by atoms with Gasteiger partial charge < -0.3 is 4.90 Å². The van der Waals surface area contributed by atoms with Crippen LogP contribution in [-0.2, 0) is 6.54 Å². The summed E-state index contributed by atoms with van der Waals surface area (Å²) in [6, 6.07) is 18.4. The molecule has 1 aromatic heterocycles. The second-order valence-corrected chi connectivity index (χ2v) is 7.18. The molecule has 5 heteroatoms. The largest absolute Gasteiger partial charge is 0.324 e. The Hall–Kier alpha value is -3.08. The number of amides is 2. The molecule has 27 heavy (non-hydrogen) atoms. The standard InChI is InChI=1S/C22H22N4O/c27-22(24-13-7-2-8-14-24)25-15-20-21(17-9-3-1-4-10-17)23-16-26(20)19-12-6-5-11-18(19)25/h1,3-6,9-12,16H,2,7-8,13-15H2. The molecular weight excluding hydrogens is 336 g/mol. The Kier molecular flexibility index (Phi) is 3.93. The zero-order chi connectivity index (χ0) is 18.2. The molecule has 0 bridgehead atoms. The summed E-state index contributed by atoms with van der Waals surface area (Å²) in [5.41, 5.74) is 5.05. The molecule has 2 aliphatic heterocycles. The molecule has 3 aromatic rings. The zero-order valence-corrected chi connectivity index (χ0v) is 15.2. The van der Waals surface area contributed by atoms with Crippen molar-refractivity contribution in [3.8, 4) is 16.9 Å². The maximum absolute atomic E-state index is 13.3. The molecule has 3 heterocycles. The number of piperidine rings is 1. The van der Waals surface area contributed by atoms with Crippen LogP contribution < -0.4 is 4.90 Å². The van der Waals surface area contributed by atoms with Crippen molar-refractivity contribution in [2.75, 3.05) is 18.0 Å². The number of anilines is 1. The number of nitrogens with zero attached hydrogens (tertiary/aromatic N) is 4. The molecule has 0 N–H and O–H groups in total. The highest BCUT2D eigenvalue weighted by Gasteiger charge is 2.32. The summed E-state index contributed by atoms with van der Waals surface area (Å²) in [5.74, 6) is 0. The summed E-state index contributed by atoms with van der Waals surface area (Å²) < 4.78 is 2.12. The third-order valence-corrected chi connectivity index (χ3v) is 5.51. The number of hydrogen-bond donors (Lipinski definition) is 0. The maximum Gasteiger partial charge on any atom is 0.324 e. The van der Waals surface area contributed by atoms with E-state index in [0.717, 1.165) is 54.3 Å². The van der Waals surface area contributed by atoms with E-state index in [1.165, 1.54) is 6.42 Å². The van der Waals surface area contributed by atoms with Crippen LogP contribution in [0.15, 0.2) is 60.9 Å². The summed E-state index contributed by atoms with van der Waals surface area (Å²) in [4.78, 5) is 21.9. The Balaban J connectivity index is 1.59. The van der Waals surface area contributed by atoms with Crippen molar-refractivity contribution in [2.24, 2.45) is 0 Å². The Morgan fingerprint density at radius 2 is 1.56 bits per heavy atom. The van der Waals surface area contributed by atoms with Crippen LogP contribution in [0.4, 0.5) is 10.5 Å². The van der Waals surface area contributed by atoms with Crippen LogP contribution in [0, 0.1) is 0 Å². The molecule has 5 nitrogen and oxygen atoms in total. The Morgan fingerprint density at radius 1 is 0.852 bits per heavy atom. The molecule has 0 saturated carbocycles. The minimum Gasteiger partial charge on any atom is -0.324 e. The monoisotopic (exact) mass is 358 g/mol. The number of imidazole rings is 1. The van der Waals surface area contributed by atoms with E-state index in [1.54, 1.807) is 0 Å². The smallest absolute Gasteiger partial charge is 0.324 e. The predicted octanol–water partition coefficient (Wildman–Crippen LogP) is 4.47. The zero-order valence-electron chi connectivity index (χ0n) is 15.2. The minimum absolute atomic E-state index is 0.105. The first kappa shape index (κ1) is 16.1. The van der Waals surface area contributed by atoms with Gasteiger partial charge in [-0.25, -0.2) is 9.78 Å². The molecule has 0 atom stereocenters. The van der Waals surface area contributed by atoms with Gasteiger partial charge in [0.25, 0.3) is 0 Å². The number of carbonyl (C=O) groups excluding carboxylic acids is 1. The van der Waals surface area contributed by atoms with Crippen molar-refractivity contribution in [1.29, 1.82) is 0 Å². The lowest BCUT2D eigenvalue weighted by Crippen LogP contribution is -2.46. The van der Waals surface area contributed by atoms with E-state index in [1.807, 2.05) is 52.5 Å². The number of likely N-dealkylation sites (tertiary alicyclic amines) is 1. The van der Waals surface area contributed by atoms with Gasteiger partial charge in [-0.2, -0.15) is 0 Å². The Morgan fingerprint density at radius 3 is 2.33 bits per heavy atom. The predicted molar refractivity (Wildman–Crippen MR) is 106 cm³/mol. The van der Waals surface area contributed by atoms with Crippen LogP contribution in [0.1, 0.15) is 25.0 Å². The average Bonchev–Trinajstić information content (AvgIpc) is 3.18. The van der Waals surface area contributed by atoms with Crippen LogP contribution in [-0.4, -0.2) is 33.6 Å². The molecule has 2 aliphatic rings. The summed E-state index contributed by atoms with van der Waals surface area (Å²) in [5, 5.41) is 0. The van der Waals surface area contributed by atoms with Crippen molar-refractivity contribution in [1.82, 2.24) is 14.5 Å². The van der Waals surface area contributed by atoms with Gasteiger partial charge in [-0.05, 0) is 31.4 Å². The normalized spacial score (nSPS) is 16.0. The molecular formula is C22H22N4O. The molecule has 0 radical (unpaired) electrons. The van der Waals surface area contributed by atoms with E-state index in [-0.39, 0.29) is 6.03 Å². The number of fused-ring (bicyclic) bond motifs is 3. The number of hydrogen-bond acceptors (Lipinski definition) is 2. The van der Waals surface area contributed by atoms with Crippen LogP contribution >= 0.6 is 0 Å². The highest BCUT2D eigenvalue weighted by molar-refractivity contribution is 5.95. The SMILES string of the molecule is O=C(N1CCCCC1)N1Cc2c(-c3ccccc3)ncn2-c2ccccc21. The van der Waals surface area contributed by atoms with Crippen molar-refractivity contribution in [3.05, 3.63) is 66.6 Å². The van der Waals surface area contributed by atoms with Gasteiger partial charge in [-0.1, -0.05) is 42.5 Å². The number of aromatic nitrogens is 2. The quantitative estimate of drug-likeness (QED) is 0.644. The molecule has 0 spiro atoms. The summed E-state index contributed by atoms with van der Waals surface area (Å²) in [7, 11) is 0. The van der Waals surface area contributed by atoms with E-state index in [0.29, 0.717) is 6.54 Å². The minimum atomic E-state index is 0.105. The lowest BCUT2D eigenvalue weighted by atomic mass is 10.1. The van der Waals surface area contributed by atoms with Crippen molar-refractivity contribution >= 4 is 11.7 Å². The summed E-state index contributed by atoms with van der Waals surface area (Å²) in [6.07, 6.45) is 5.27. The Bertz CT molecular complexity index is 959.